The van der Waals surface area contributed by atoms with Crippen LogP contribution in [0.5, 0.6) is 0 Å². The topological polar surface area (TPSA) is 55.6 Å². The van der Waals surface area contributed by atoms with Gasteiger partial charge in [0.25, 0.3) is 0 Å². The molecule has 1 amide bonds. The molecule has 1 fully saturated rings. The third kappa shape index (κ3) is 5.39. The van der Waals surface area contributed by atoms with Crippen molar-refractivity contribution in [3.8, 4) is 0 Å². The van der Waals surface area contributed by atoms with E-state index in [4.69, 9.17) is 10.5 Å². The zero-order valence-corrected chi connectivity index (χ0v) is 13.2. The van der Waals surface area contributed by atoms with Gasteiger partial charge < -0.3 is 15.4 Å². The highest BCUT2D eigenvalue weighted by Gasteiger charge is 2.34. The largest absolute Gasteiger partial charge is 0.444 e. The first-order valence-corrected chi connectivity index (χ1v) is 7.41. The SMILES string of the molecule is CC(C)N(CC1(N)CCCCC1)C(=O)OC(C)(C)C. The fourth-order valence-corrected chi connectivity index (χ4v) is 2.53. The second-order valence-electron chi connectivity index (χ2n) is 7.13. The van der Waals surface area contributed by atoms with E-state index in [9.17, 15) is 4.79 Å². The van der Waals surface area contributed by atoms with Gasteiger partial charge in [0, 0.05) is 18.1 Å². The molecule has 0 aliphatic heterocycles. The van der Waals surface area contributed by atoms with Gasteiger partial charge in [0.05, 0.1) is 0 Å². The van der Waals surface area contributed by atoms with E-state index in [1.54, 1.807) is 4.90 Å². The average Bonchev–Trinajstić information content (AvgIpc) is 2.24. The minimum absolute atomic E-state index is 0.109. The Hall–Kier alpha value is -0.770. The van der Waals surface area contributed by atoms with Crippen LogP contribution in [0.25, 0.3) is 0 Å². The van der Waals surface area contributed by atoms with Crippen LogP contribution in [-0.4, -0.2) is 34.7 Å². The first-order chi connectivity index (χ1) is 8.63. The van der Waals surface area contributed by atoms with Crippen LogP contribution in [0.2, 0.25) is 0 Å². The molecule has 0 spiro atoms. The molecule has 4 nitrogen and oxygen atoms in total. The summed E-state index contributed by atoms with van der Waals surface area (Å²) in [4.78, 5) is 14.0. The molecule has 1 aliphatic rings. The van der Waals surface area contributed by atoms with Crippen LogP contribution in [0, 0.1) is 0 Å². The number of carbonyl (C=O) groups is 1. The maximum absolute atomic E-state index is 12.3. The van der Waals surface area contributed by atoms with Crippen LogP contribution < -0.4 is 5.73 Å². The summed E-state index contributed by atoms with van der Waals surface area (Å²) in [6.45, 7) is 10.3. The molecule has 0 heterocycles. The fourth-order valence-electron chi connectivity index (χ4n) is 2.53. The summed E-state index contributed by atoms with van der Waals surface area (Å²) < 4.78 is 5.48. The summed E-state index contributed by atoms with van der Waals surface area (Å²) in [6.07, 6.45) is 5.33. The Kier molecular flexibility index (Phi) is 5.25. The number of carbonyl (C=O) groups excluding carboxylic acids is 1. The standard InChI is InChI=1S/C15H30N2O2/c1-12(2)17(13(18)19-14(3,4)5)11-15(16)9-7-6-8-10-15/h12H,6-11,16H2,1-5H3. The number of nitrogens with zero attached hydrogens (tertiary/aromatic N) is 1. The van der Waals surface area contributed by atoms with Crippen LogP contribution in [-0.2, 0) is 4.74 Å². The lowest BCUT2D eigenvalue weighted by Crippen LogP contribution is -2.55. The Morgan fingerprint density at radius 2 is 1.79 bits per heavy atom. The van der Waals surface area contributed by atoms with Crippen molar-refractivity contribution in [1.29, 1.82) is 0 Å². The highest BCUT2D eigenvalue weighted by molar-refractivity contribution is 5.68. The predicted octanol–water partition coefficient (Wildman–Crippen LogP) is 3.29. The van der Waals surface area contributed by atoms with Gasteiger partial charge >= 0.3 is 6.09 Å². The van der Waals surface area contributed by atoms with Gasteiger partial charge in [-0.2, -0.15) is 0 Å². The Morgan fingerprint density at radius 1 is 1.26 bits per heavy atom. The smallest absolute Gasteiger partial charge is 0.410 e. The van der Waals surface area contributed by atoms with Gasteiger partial charge in [-0.3, -0.25) is 0 Å². The van der Waals surface area contributed by atoms with E-state index < -0.39 is 5.60 Å². The molecular formula is C15H30N2O2. The maximum Gasteiger partial charge on any atom is 0.410 e. The lowest BCUT2D eigenvalue weighted by molar-refractivity contribution is 0.0121. The van der Waals surface area contributed by atoms with Crippen molar-refractivity contribution in [2.24, 2.45) is 5.73 Å². The van der Waals surface area contributed by atoms with E-state index in [0.29, 0.717) is 6.54 Å². The molecule has 0 aromatic heterocycles. The molecule has 19 heavy (non-hydrogen) atoms. The first kappa shape index (κ1) is 16.3. The molecule has 2 N–H and O–H groups in total. The molecular weight excluding hydrogens is 240 g/mol. The zero-order chi connectivity index (χ0) is 14.7. The van der Waals surface area contributed by atoms with Crippen LogP contribution in [0.1, 0.15) is 66.7 Å². The highest BCUT2D eigenvalue weighted by atomic mass is 16.6. The fraction of sp³-hybridized carbons (Fsp3) is 0.933. The Morgan fingerprint density at radius 3 is 2.21 bits per heavy atom. The molecule has 1 rings (SSSR count). The normalized spacial score (nSPS) is 19.3. The van der Waals surface area contributed by atoms with Gasteiger partial charge in [0.15, 0.2) is 0 Å². The predicted molar refractivity (Wildman–Crippen MR) is 78.1 cm³/mol. The molecule has 0 unspecified atom stereocenters. The second-order valence-corrected chi connectivity index (χ2v) is 7.13. The van der Waals surface area contributed by atoms with Gasteiger partial charge in [0.2, 0.25) is 0 Å². The lowest BCUT2D eigenvalue weighted by atomic mass is 9.82. The van der Waals surface area contributed by atoms with Crippen molar-refractivity contribution >= 4 is 6.09 Å². The molecule has 0 bridgehead atoms. The van der Waals surface area contributed by atoms with E-state index in [0.717, 1.165) is 25.7 Å². The molecule has 0 saturated heterocycles. The van der Waals surface area contributed by atoms with Crippen molar-refractivity contribution in [3.63, 3.8) is 0 Å². The van der Waals surface area contributed by atoms with Gasteiger partial charge in [-0.1, -0.05) is 19.3 Å². The number of rotatable bonds is 3. The third-order valence-electron chi connectivity index (χ3n) is 3.59. The summed E-state index contributed by atoms with van der Waals surface area (Å²) in [7, 11) is 0. The minimum Gasteiger partial charge on any atom is -0.444 e. The van der Waals surface area contributed by atoms with Crippen molar-refractivity contribution in [2.75, 3.05) is 6.54 Å². The Bertz CT molecular complexity index is 302. The number of amides is 1. The Labute approximate surface area is 117 Å². The van der Waals surface area contributed by atoms with E-state index in [2.05, 4.69) is 0 Å². The summed E-state index contributed by atoms with van der Waals surface area (Å²) in [5.41, 5.74) is 5.75. The minimum atomic E-state index is -0.460. The summed E-state index contributed by atoms with van der Waals surface area (Å²) in [5.74, 6) is 0. The van der Waals surface area contributed by atoms with Gasteiger partial charge in [-0.15, -0.1) is 0 Å². The molecule has 0 aromatic rings. The van der Waals surface area contributed by atoms with Gasteiger partial charge in [0.1, 0.15) is 5.60 Å². The maximum atomic E-state index is 12.3. The summed E-state index contributed by atoms with van der Waals surface area (Å²) in [6, 6.07) is 0.109. The number of hydrogen-bond donors (Lipinski definition) is 1. The van der Waals surface area contributed by atoms with Crippen molar-refractivity contribution < 1.29 is 9.53 Å². The van der Waals surface area contributed by atoms with Gasteiger partial charge in [-0.25, -0.2) is 4.79 Å². The van der Waals surface area contributed by atoms with E-state index in [-0.39, 0.29) is 17.7 Å². The quantitative estimate of drug-likeness (QED) is 0.856. The molecule has 4 heteroatoms. The van der Waals surface area contributed by atoms with Crippen molar-refractivity contribution in [2.45, 2.75) is 83.9 Å². The molecule has 112 valence electrons. The van der Waals surface area contributed by atoms with Gasteiger partial charge in [-0.05, 0) is 47.5 Å². The molecule has 0 radical (unpaired) electrons. The van der Waals surface area contributed by atoms with E-state index in [1.807, 2.05) is 34.6 Å². The molecule has 0 aromatic carbocycles. The first-order valence-electron chi connectivity index (χ1n) is 7.41. The van der Waals surface area contributed by atoms with E-state index >= 15 is 0 Å². The molecule has 1 saturated carbocycles. The second kappa shape index (κ2) is 6.12. The van der Waals surface area contributed by atoms with E-state index in [1.165, 1.54) is 6.42 Å². The van der Waals surface area contributed by atoms with Crippen LogP contribution in [0.15, 0.2) is 0 Å². The lowest BCUT2D eigenvalue weighted by Gasteiger charge is -2.40. The Balaban J connectivity index is 2.69. The molecule has 0 atom stereocenters. The summed E-state index contributed by atoms with van der Waals surface area (Å²) >= 11 is 0. The average molecular weight is 270 g/mol. The summed E-state index contributed by atoms with van der Waals surface area (Å²) in [5, 5.41) is 0. The van der Waals surface area contributed by atoms with Crippen molar-refractivity contribution in [1.82, 2.24) is 4.90 Å². The van der Waals surface area contributed by atoms with Crippen molar-refractivity contribution in [3.05, 3.63) is 0 Å². The highest BCUT2D eigenvalue weighted by Crippen LogP contribution is 2.27. The number of hydrogen-bond acceptors (Lipinski definition) is 3. The number of ether oxygens (including phenoxy) is 1. The van der Waals surface area contributed by atoms with Crippen LogP contribution >= 0.6 is 0 Å². The third-order valence-corrected chi connectivity index (χ3v) is 3.59. The van der Waals surface area contributed by atoms with Crippen LogP contribution in [0.4, 0.5) is 4.79 Å². The monoisotopic (exact) mass is 270 g/mol. The molecule has 1 aliphatic carbocycles. The zero-order valence-electron chi connectivity index (χ0n) is 13.2. The number of nitrogens with two attached hydrogens (primary N) is 1. The van der Waals surface area contributed by atoms with Crippen LogP contribution in [0.3, 0.4) is 0 Å².